The molecule has 0 radical (unpaired) electrons. The lowest BCUT2D eigenvalue weighted by Gasteiger charge is -2.15. The summed E-state index contributed by atoms with van der Waals surface area (Å²) in [7, 11) is 0. The van der Waals surface area contributed by atoms with E-state index in [2.05, 4.69) is 5.32 Å². The van der Waals surface area contributed by atoms with Gasteiger partial charge in [-0.25, -0.2) is 0 Å². The summed E-state index contributed by atoms with van der Waals surface area (Å²) in [5.74, 6) is 0.247. The van der Waals surface area contributed by atoms with E-state index in [-0.39, 0.29) is 24.2 Å². The van der Waals surface area contributed by atoms with Crippen LogP contribution in [0.3, 0.4) is 0 Å². The maximum absolute atomic E-state index is 12.4. The Balaban J connectivity index is 1.40. The molecular formula is C22H24N2O4. The number of ether oxygens (including phenoxy) is 1. The highest BCUT2D eigenvalue weighted by atomic mass is 16.5. The van der Waals surface area contributed by atoms with E-state index >= 15 is 0 Å². The van der Waals surface area contributed by atoms with Crippen LogP contribution in [-0.2, 0) is 9.59 Å². The first-order valence-electron chi connectivity index (χ1n) is 9.50. The lowest BCUT2D eigenvalue weighted by Crippen LogP contribution is -2.34. The van der Waals surface area contributed by atoms with Crippen LogP contribution in [-0.4, -0.2) is 48.7 Å². The van der Waals surface area contributed by atoms with Crippen LogP contribution in [0, 0.1) is 0 Å². The average molecular weight is 380 g/mol. The Morgan fingerprint density at radius 1 is 0.893 bits per heavy atom. The van der Waals surface area contributed by atoms with Gasteiger partial charge >= 0.3 is 0 Å². The summed E-state index contributed by atoms with van der Waals surface area (Å²) < 4.78 is 5.45. The zero-order valence-electron chi connectivity index (χ0n) is 15.7. The van der Waals surface area contributed by atoms with Gasteiger partial charge in [0.15, 0.2) is 12.4 Å². The Labute approximate surface area is 164 Å². The molecule has 3 rings (SSSR count). The number of amides is 2. The number of ketones is 1. The second-order valence-corrected chi connectivity index (χ2v) is 6.70. The van der Waals surface area contributed by atoms with Crippen molar-refractivity contribution in [1.82, 2.24) is 10.2 Å². The SMILES string of the molecule is O=C(COc1ccc(C(=O)c2ccccc2)cc1)NCCC(=O)N1CCCC1. The van der Waals surface area contributed by atoms with E-state index < -0.39 is 0 Å². The number of carbonyl (C=O) groups excluding carboxylic acids is 3. The van der Waals surface area contributed by atoms with Crippen molar-refractivity contribution in [3.8, 4) is 5.75 Å². The van der Waals surface area contributed by atoms with E-state index in [1.807, 2.05) is 23.1 Å². The molecule has 0 bridgehead atoms. The molecule has 1 heterocycles. The summed E-state index contributed by atoms with van der Waals surface area (Å²) in [6, 6.07) is 15.7. The monoisotopic (exact) mass is 380 g/mol. The van der Waals surface area contributed by atoms with Crippen LogP contribution < -0.4 is 10.1 Å². The molecular weight excluding hydrogens is 356 g/mol. The lowest BCUT2D eigenvalue weighted by molar-refractivity contribution is -0.130. The lowest BCUT2D eigenvalue weighted by atomic mass is 10.0. The maximum Gasteiger partial charge on any atom is 0.257 e. The van der Waals surface area contributed by atoms with Crippen LogP contribution >= 0.6 is 0 Å². The standard InChI is InChI=1S/C22H24N2O4/c25-20(23-13-12-21(26)24-14-4-5-15-24)16-28-19-10-8-18(9-11-19)22(27)17-6-2-1-3-7-17/h1-3,6-11H,4-5,12-16H2,(H,23,25). The number of nitrogens with zero attached hydrogens (tertiary/aromatic N) is 1. The maximum atomic E-state index is 12.4. The quantitative estimate of drug-likeness (QED) is 0.714. The molecule has 1 aliphatic heterocycles. The summed E-state index contributed by atoms with van der Waals surface area (Å²) in [5.41, 5.74) is 1.18. The predicted octanol–water partition coefficient (Wildman–Crippen LogP) is 2.43. The molecule has 6 nitrogen and oxygen atoms in total. The third kappa shape index (κ3) is 5.42. The van der Waals surface area contributed by atoms with Crippen molar-refractivity contribution in [2.75, 3.05) is 26.2 Å². The van der Waals surface area contributed by atoms with E-state index in [9.17, 15) is 14.4 Å². The molecule has 1 fully saturated rings. The number of hydrogen-bond donors (Lipinski definition) is 1. The highest BCUT2D eigenvalue weighted by molar-refractivity contribution is 6.08. The fraction of sp³-hybridized carbons (Fsp3) is 0.318. The average Bonchev–Trinajstić information content (AvgIpc) is 3.28. The number of likely N-dealkylation sites (tertiary alicyclic amines) is 1. The van der Waals surface area contributed by atoms with Gasteiger partial charge in [0, 0.05) is 37.2 Å². The second-order valence-electron chi connectivity index (χ2n) is 6.70. The normalized spacial score (nSPS) is 13.2. The van der Waals surface area contributed by atoms with E-state index in [1.165, 1.54) is 0 Å². The van der Waals surface area contributed by atoms with Crippen molar-refractivity contribution >= 4 is 17.6 Å². The summed E-state index contributed by atoms with van der Waals surface area (Å²) in [6.07, 6.45) is 2.42. The first-order valence-corrected chi connectivity index (χ1v) is 9.50. The highest BCUT2D eigenvalue weighted by Crippen LogP contribution is 2.15. The van der Waals surface area contributed by atoms with E-state index in [1.54, 1.807) is 36.4 Å². The molecule has 1 N–H and O–H groups in total. The largest absolute Gasteiger partial charge is 0.484 e. The Kier molecular flexibility index (Phi) is 6.78. The van der Waals surface area contributed by atoms with E-state index in [0.29, 0.717) is 29.8 Å². The molecule has 0 saturated carbocycles. The van der Waals surface area contributed by atoms with Crippen molar-refractivity contribution in [1.29, 1.82) is 0 Å². The molecule has 146 valence electrons. The Morgan fingerprint density at radius 2 is 1.54 bits per heavy atom. The summed E-state index contributed by atoms with van der Waals surface area (Å²) in [5, 5.41) is 2.69. The Morgan fingerprint density at radius 3 is 2.21 bits per heavy atom. The van der Waals surface area contributed by atoms with Crippen molar-refractivity contribution in [2.24, 2.45) is 0 Å². The van der Waals surface area contributed by atoms with Crippen molar-refractivity contribution in [3.63, 3.8) is 0 Å². The van der Waals surface area contributed by atoms with Gasteiger partial charge in [-0.3, -0.25) is 14.4 Å². The fourth-order valence-corrected chi connectivity index (χ4v) is 3.09. The highest BCUT2D eigenvalue weighted by Gasteiger charge is 2.17. The Bertz CT molecular complexity index is 812. The molecule has 2 aromatic rings. The van der Waals surface area contributed by atoms with Gasteiger partial charge in [-0.2, -0.15) is 0 Å². The molecule has 28 heavy (non-hydrogen) atoms. The van der Waals surface area contributed by atoms with E-state index in [0.717, 1.165) is 25.9 Å². The van der Waals surface area contributed by atoms with Crippen molar-refractivity contribution < 1.29 is 19.1 Å². The topological polar surface area (TPSA) is 75.7 Å². The second kappa shape index (κ2) is 9.69. The minimum absolute atomic E-state index is 0.0624. The molecule has 2 amide bonds. The third-order valence-electron chi connectivity index (χ3n) is 4.64. The van der Waals surface area contributed by atoms with Gasteiger partial charge in [0.05, 0.1) is 0 Å². The predicted molar refractivity (Wildman–Crippen MR) is 105 cm³/mol. The molecule has 0 atom stereocenters. The number of nitrogens with one attached hydrogen (secondary N) is 1. The van der Waals surface area contributed by atoms with Gasteiger partial charge in [0.2, 0.25) is 5.91 Å². The number of carbonyl (C=O) groups is 3. The van der Waals surface area contributed by atoms with Crippen LogP contribution in [0.5, 0.6) is 5.75 Å². The van der Waals surface area contributed by atoms with E-state index in [4.69, 9.17) is 4.74 Å². The number of hydrogen-bond acceptors (Lipinski definition) is 4. The zero-order valence-corrected chi connectivity index (χ0v) is 15.7. The minimum atomic E-state index is -0.279. The summed E-state index contributed by atoms with van der Waals surface area (Å²) in [6.45, 7) is 1.81. The molecule has 1 aliphatic rings. The van der Waals surface area contributed by atoms with Crippen LogP contribution in [0.15, 0.2) is 54.6 Å². The van der Waals surface area contributed by atoms with Gasteiger partial charge in [-0.1, -0.05) is 30.3 Å². The van der Waals surface area contributed by atoms with Crippen LogP contribution in [0.1, 0.15) is 35.2 Å². The molecule has 0 aliphatic carbocycles. The van der Waals surface area contributed by atoms with Crippen molar-refractivity contribution in [3.05, 3.63) is 65.7 Å². The number of benzene rings is 2. The summed E-state index contributed by atoms with van der Waals surface area (Å²) >= 11 is 0. The van der Waals surface area contributed by atoms with Crippen LogP contribution in [0.4, 0.5) is 0 Å². The van der Waals surface area contributed by atoms with Gasteiger partial charge in [-0.05, 0) is 37.1 Å². The van der Waals surface area contributed by atoms with Gasteiger partial charge in [0.1, 0.15) is 5.75 Å². The van der Waals surface area contributed by atoms with Crippen LogP contribution in [0.2, 0.25) is 0 Å². The minimum Gasteiger partial charge on any atom is -0.484 e. The molecule has 0 unspecified atom stereocenters. The molecule has 0 aromatic heterocycles. The molecule has 0 spiro atoms. The fourth-order valence-electron chi connectivity index (χ4n) is 3.09. The van der Waals surface area contributed by atoms with Gasteiger partial charge in [-0.15, -0.1) is 0 Å². The summed E-state index contributed by atoms with van der Waals surface area (Å²) in [4.78, 5) is 38.0. The third-order valence-corrected chi connectivity index (χ3v) is 4.64. The van der Waals surface area contributed by atoms with Crippen molar-refractivity contribution in [2.45, 2.75) is 19.3 Å². The molecule has 6 heteroatoms. The van der Waals surface area contributed by atoms with Crippen LogP contribution in [0.25, 0.3) is 0 Å². The Hall–Kier alpha value is -3.15. The number of rotatable bonds is 8. The zero-order chi connectivity index (χ0) is 19.8. The van der Waals surface area contributed by atoms with Gasteiger partial charge in [0.25, 0.3) is 5.91 Å². The first kappa shape index (κ1) is 19.6. The smallest absolute Gasteiger partial charge is 0.257 e. The molecule has 1 saturated heterocycles. The van der Waals surface area contributed by atoms with Gasteiger partial charge < -0.3 is 15.0 Å². The first-order chi connectivity index (χ1) is 13.6. The molecule has 2 aromatic carbocycles.